The van der Waals surface area contributed by atoms with Crippen LogP contribution >= 0.6 is 0 Å². The first-order valence-corrected chi connectivity index (χ1v) is 8.45. The van der Waals surface area contributed by atoms with Crippen LogP contribution < -0.4 is 5.32 Å². The molecule has 8 heteroatoms. The van der Waals surface area contributed by atoms with Gasteiger partial charge in [0.15, 0.2) is 0 Å². The summed E-state index contributed by atoms with van der Waals surface area (Å²) in [4.78, 5) is 25.7. The Bertz CT molecular complexity index is 644. The van der Waals surface area contributed by atoms with E-state index in [1.54, 1.807) is 20.8 Å². The fourth-order valence-electron chi connectivity index (χ4n) is 2.76. The van der Waals surface area contributed by atoms with E-state index >= 15 is 0 Å². The highest BCUT2D eigenvalue weighted by Gasteiger charge is 2.34. The molecule has 1 aliphatic heterocycles. The number of likely N-dealkylation sites (tertiary alicyclic amines) is 1. The second kappa shape index (κ2) is 8.01. The molecule has 0 saturated carbocycles. The zero-order valence-electron chi connectivity index (χ0n) is 15.1. The van der Waals surface area contributed by atoms with E-state index in [1.807, 2.05) is 0 Å². The third-order valence-corrected chi connectivity index (χ3v) is 3.91. The lowest BCUT2D eigenvalue weighted by Crippen LogP contribution is -2.48. The molecule has 26 heavy (non-hydrogen) atoms. The second-order valence-corrected chi connectivity index (χ2v) is 7.43. The van der Waals surface area contributed by atoms with Gasteiger partial charge in [-0.3, -0.25) is 4.79 Å². The van der Waals surface area contributed by atoms with Gasteiger partial charge in [-0.05, 0) is 51.5 Å². The Morgan fingerprint density at radius 3 is 2.38 bits per heavy atom. The average Bonchev–Trinajstić information content (AvgIpc) is 2.64. The number of carbonyl (C=O) groups is 2. The maximum Gasteiger partial charge on any atom is 0.407 e. The van der Waals surface area contributed by atoms with Crippen molar-refractivity contribution in [2.45, 2.75) is 51.0 Å². The van der Waals surface area contributed by atoms with Crippen LogP contribution in [0.4, 0.5) is 9.18 Å². The van der Waals surface area contributed by atoms with Gasteiger partial charge in [0.25, 0.3) is 5.91 Å². The third kappa shape index (κ3) is 5.67. The van der Waals surface area contributed by atoms with Gasteiger partial charge in [-0.25, -0.2) is 9.18 Å². The summed E-state index contributed by atoms with van der Waals surface area (Å²) in [5.41, 5.74) is -0.437. The van der Waals surface area contributed by atoms with Crippen LogP contribution in [0.3, 0.4) is 0 Å². The fourth-order valence-corrected chi connectivity index (χ4v) is 2.76. The molecule has 0 spiro atoms. The topological polar surface area (TPSA) is 99.1 Å². The van der Waals surface area contributed by atoms with Gasteiger partial charge >= 0.3 is 6.09 Å². The summed E-state index contributed by atoms with van der Waals surface area (Å²) in [5, 5.41) is 23.1. The van der Waals surface area contributed by atoms with E-state index in [0.717, 1.165) is 0 Å². The van der Waals surface area contributed by atoms with E-state index in [4.69, 9.17) is 4.74 Å². The Kier molecular flexibility index (Phi) is 6.20. The maximum absolute atomic E-state index is 13.0. The molecule has 1 aromatic rings. The number of hydrogen-bond acceptors (Lipinski definition) is 5. The second-order valence-electron chi connectivity index (χ2n) is 7.43. The highest BCUT2D eigenvalue weighted by Crippen LogP contribution is 2.17. The first kappa shape index (κ1) is 20.1. The van der Waals surface area contributed by atoms with Crippen LogP contribution in [0.5, 0.6) is 0 Å². The molecular formula is C18H25FN2O5. The summed E-state index contributed by atoms with van der Waals surface area (Å²) in [6, 6.07) is 4.27. The number of benzene rings is 1. The normalized spacial score (nSPS) is 23.9. The minimum atomic E-state index is -1.08. The number of halogens is 1. The summed E-state index contributed by atoms with van der Waals surface area (Å²) in [6.07, 6.45) is -2.64. The van der Waals surface area contributed by atoms with Crippen molar-refractivity contribution in [2.75, 3.05) is 13.1 Å². The van der Waals surface area contributed by atoms with E-state index in [1.165, 1.54) is 29.2 Å². The van der Waals surface area contributed by atoms with E-state index < -0.39 is 41.7 Å². The first-order valence-electron chi connectivity index (χ1n) is 8.45. The van der Waals surface area contributed by atoms with Crippen LogP contribution in [-0.4, -0.2) is 64.1 Å². The van der Waals surface area contributed by atoms with Crippen LogP contribution in [0.25, 0.3) is 0 Å². The number of aliphatic hydroxyl groups is 2. The van der Waals surface area contributed by atoms with Crippen molar-refractivity contribution >= 4 is 12.0 Å². The highest BCUT2D eigenvalue weighted by atomic mass is 19.1. The minimum absolute atomic E-state index is 0.000230. The Balaban J connectivity index is 2.05. The molecule has 3 atom stereocenters. The van der Waals surface area contributed by atoms with E-state index in [-0.39, 0.29) is 25.1 Å². The number of amides is 2. The quantitative estimate of drug-likeness (QED) is 0.731. The lowest BCUT2D eigenvalue weighted by molar-refractivity contribution is 0.0383. The summed E-state index contributed by atoms with van der Waals surface area (Å²) in [6.45, 7) is 5.07. The number of carbonyl (C=O) groups excluding carboxylic acids is 2. The van der Waals surface area contributed by atoms with Gasteiger partial charge in [-0.2, -0.15) is 0 Å². The number of nitrogens with zero attached hydrogens (tertiary/aromatic N) is 1. The maximum atomic E-state index is 13.0. The predicted molar refractivity (Wildman–Crippen MR) is 92.1 cm³/mol. The molecular weight excluding hydrogens is 343 g/mol. The number of alkyl carbamates (subject to hydrolysis) is 1. The van der Waals surface area contributed by atoms with E-state index in [9.17, 15) is 24.2 Å². The number of nitrogens with one attached hydrogen (secondary N) is 1. The molecule has 7 nitrogen and oxygen atoms in total. The monoisotopic (exact) mass is 368 g/mol. The lowest BCUT2D eigenvalue weighted by Gasteiger charge is -2.26. The van der Waals surface area contributed by atoms with Crippen LogP contribution in [-0.2, 0) is 4.74 Å². The molecule has 0 aliphatic carbocycles. The van der Waals surface area contributed by atoms with Gasteiger partial charge in [0.2, 0.25) is 0 Å². The van der Waals surface area contributed by atoms with Crippen molar-refractivity contribution < 1.29 is 28.9 Å². The van der Waals surface area contributed by atoms with Crippen molar-refractivity contribution in [1.29, 1.82) is 0 Å². The van der Waals surface area contributed by atoms with Crippen LogP contribution in [0.15, 0.2) is 24.3 Å². The molecule has 1 saturated heterocycles. The Morgan fingerprint density at radius 2 is 1.81 bits per heavy atom. The largest absolute Gasteiger partial charge is 0.444 e. The Hall–Kier alpha value is -2.19. The Morgan fingerprint density at radius 1 is 1.19 bits per heavy atom. The number of aliphatic hydroxyl groups excluding tert-OH is 2. The van der Waals surface area contributed by atoms with E-state index in [0.29, 0.717) is 0 Å². The van der Waals surface area contributed by atoms with Gasteiger partial charge < -0.3 is 25.2 Å². The molecule has 2 rings (SSSR count). The van der Waals surface area contributed by atoms with Crippen molar-refractivity contribution in [3.63, 3.8) is 0 Å². The predicted octanol–water partition coefficient (Wildman–Crippen LogP) is 1.29. The van der Waals surface area contributed by atoms with Crippen LogP contribution in [0, 0.1) is 5.82 Å². The number of hydrogen-bond donors (Lipinski definition) is 3. The molecule has 1 fully saturated rings. The Labute approximate surface area is 151 Å². The molecule has 3 N–H and O–H groups in total. The molecule has 1 aromatic carbocycles. The molecule has 0 radical (unpaired) electrons. The average molecular weight is 368 g/mol. The molecule has 0 aromatic heterocycles. The van der Waals surface area contributed by atoms with Crippen LogP contribution in [0.1, 0.15) is 37.6 Å². The molecule has 144 valence electrons. The molecule has 0 unspecified atom stereocenters. The molecule has 0 bridgehead atoms. The van der Waals surface area contributed by atoms with Gasteiger partial charge in [-0.1, -0.05) is 0 Å². The SMILES string of the molecule is CC(C)(C)OC(=O)N[C@@H]1C[C@@H](O)CN(C(=O)c2ccc(F)cc2)C[C@H]1O. The van der Waals surface area contributed by atoms with Crippen molar-refractivity contribution in [3.05, 3.63) is 35.6 Å². The van der Waals surface area contributed by atoms with Gasteiger partial charge in [0, 0.05) is 18.7 Å². The number of ether oxygens (including phenoxy) is 1. The van der Waals surface area contributed by atoms with Crippen molar-refractivity contribution in [1.82, 2.24) is 10.2 Å². The summed E-state index contributed by atoms with van der Waals surface area (Å²) < 4.78 is 18.2. The standard InChI is InChI=1S/C18H25FN2O5/c1-18(2,3)26-17(25)20-14-8-13(22)9-21(10-15(14)23)16(24)11-4-6-12(19)7-5-11/h4-7,13-15,22-23H,8-10H2,1-3H3,(H,20,25)/t13-,14-,15-/m1/s1. The van der Waals surface area contributed by atoms with Gasteiger partial charge in [0.05, 0.1) is 18.2 Å². The number of β-amino-alcohol motifs (C(OH)–C–C–N with tert-alkyl or cyclic N) is 2. The van der Waals surface area contributed by atoms with Crippen LogP contribution in [0.2, 0.25) is 0 Å². The molecule has 2 amide bonds. The van der Waals surface area contributed by atoms with Crippen molar-refractivity contribution in [3.8, 4) is 0 Å². The third-order valence-electron chi connectivity index (χ3n) is 3.91. The van der Waals surface area contributed by atoms with Crippen molar-refractivity contribution in [2.24, 2.45) is 0 Å². The van der Waals surface area contributed by atoms with Gasteiger partial charge in [0.1, 0.15) is 11.4 Å². The first-order chi connectivity index (χ1) is 12.0. The summed E-state index contributed by atoms with van der Waals surface area (Å²) in [5.74, 6) is -0.889. The zero-order valence-corrected chi connectivity index (χ0v) is 15.1. The summed E-state index contributed by atoms with van der Waals surface area (Å²) >= 11 is 0. The lowest BCUT2D eigenvalue weighted by atomic mass is 10.1. The summed E-state index contributed by atoms with van der Waals surface area (Å²) in [7, 11) is 0. The fraction of sp³-hybridized carbons (Fsp3) is 0.556. The highest BCUT2D eigenvalue weighted by molar-refractivity contribution is 5.94. The smallest absolute Gasteiger partial charge is 0.407 e. The molecule has 1 heterocycles. The van der Waals surface area contributed by atoms with E-state index in [2.05, 4.69) is 5.32 Å². The van der Waals surface area contributed by atoms with Gasteiger partial charge in [-0.15, -0.1) is 0 Å². The minimum Gasteiger partial charge on any atom is -0.444 e. The zero-order chi connectivity index (χ0) is 19.5. The number of rotatable bonds is 2. The molecule has 1 aliphatic rings.